The largest absolute Gasteiger partial charge is 0.378 e. The minimum Gasteiger partial charge on any atom is -0.378 e. The summed E-state index contributed by atoms with van der Waals surface area (Å²) in [6, 6.07) is 0. The van der Waals surface area contributed by atoms with Gasteiger partial charge in [0.2, 0.25) is 0 Å². The Morgan fingerprint density at radius 1 is 1.13 bits per heavy atom. The maximum Gasteiger partial charge on any atom is 0.0603 e. The molecule has 1 aliphatic carbocycles. The Labute approximate surface area is 100 Å². The van der Waals surface area contributed by atoms with E-state index in [-0.39, 0.29) is 0 Å². The second-order valence-corrected chi connectivity index (χ2v) is 5.09. The fourth-order valence-electron chi connectivity index (χ4n) is 2.49. The lowest BCUT2D eigenvalue weighted by Gasteiger charge is -2.30. The van der Waals surface area contributed by atoms with Crippen molar-refractivity contribution in [3.63, 3.8) is 0 Å². The van der Waals surface area contributed by atoms with Crippen LogP contribution in [0.5, 0.6) is 0 Å². The van der Waals surface area contributed by atoms with Gasteiger partial charge in [0.15, 0.2) is 0 Å². The molecule has 1 fully saturated rings. The van der Waals surface area contributed by atoms with Crippen LogP contribution in [0.1, 0.15) is 58.3 Å². The van der Waals surface area contributed by atoms with E-state index < -0.39 is 0 Å². The lowest BCUT2D eigenvalue weighted by molar-refractivity contribution is -0.0134. The summed E-state index contributed by atoms with van der Waals surface area (Å²) in [5, 5.41) is 0. The van der Waals surface area contributed by atoms with Crippen LogP contribution in [0.4, 0.5) is 0 Å². The number of ether oxygens (including phenoxy) is 1. The second kappa shape index (κ2) is 8.46. The van der Waals surface area contributed by atoms with Crippen LogP contribution in [-0.4, -0.2) is 18.5 Å². The topological polar surface area (TPSA) is 9.23 Å². The van der Waals surface area contributed by atoms with E-state index in [9.17, 15) is 0 Å². The molecular formula is C13H26OS. The van der Waals surface area contributed by atoms with Crippen LogP contribution >= 0.6 is 12.6 Å². The highest BCUT2D eigenvalue weighted by atomic mass is 32.1. The Morgan fingerprint density at radius 2 is 1.93 bits per heavy atom. The van der Waals surface area contributed by atoms with Gasteiger partial charge in [0.1, 0.15) is 0 Å². The maximum absolute atomic E-state index is 6.01. The first-order valence-electron chi connectivity index (χ1n) is 6.61. The predicted molar refractivity (Wildman–Crippen MR) is 69.7 cm³/mol. The summed E-state index contributed by atoms with van der Waals surface area (Å²) in [7, 11) is 0. The van der Waals surface area contributed by atoms with Crippen LogP contribution in [-0.2, 0) is 4.74 Å². The van der Waals surface area contributed by atoms with E-state index in [2.05, 4.69) is 19.6 Å². The molecule has 1 saturated carbocycles. The summed E-state index contributed by atoms with van der Waals surface area (Å²) in [6.07, 6.45) is 11.1. The molecule has 0 heterocycles. The molecule has 0 amide bonds. The minimum atomic E-state index is 0.569. The maximum atomic E-state index is 6.01. The minimum absolute atomic E-state index is 0.569. The van der Waals surface area contributed by atoms with E-state index in [1.807, 2.05) is 0 Å². The van der Waals surface area contributed by atoms with Crippen molar-refractivity contribution >= 4 is 12.6 Å². The molecule has 0 radical (unpaired) electrons. The first-order valence-corrected chi connectivity index (χ1v) is 7.24. The molecule has 90 valence electrons. The van der Waals surface area contributed by atoms with Crippen LogP contribution in [0.25, 0.3) is 0 Å². The Balaban J connectivity index is 2.07. The molecule has 1 rings (SSSR count). The first kappa shape index (κ1) is 13.4. The summed E-state index contributed by atoms with van der Waals surface area (Å²) in [4.78, 5) is 0. The van der Waals surface area contributed by atoms with Crippen molar-refractivity contribution < 1.29 is 4.74 Å². The Kier molecular flexibility index (Phi) is 7.54. The van der Waals surface area contributed by atoms with Gasteiger partial charge in [-0.05, 0) is 37.4 Å². The summed E-state index contributed by atoms with van der Waals surface area (Å²) in [5.41, 5.74) is 0. The predicted octanol–water partition coefficient (Wildman–Crippen LogP) is 4.07. The van der Waals surface area contributed by atoms with Crippen molar-refractivity contribution in [1.82, 2.24) is 0 Å². The third-order valence-electron chi connectivity index (χ3n) is 3.50. The molecule has 1 nitrogen and oxygen atoms in total. The van der Waals surface area contributed by atoms with Crippen molar-refractivity contribution in [3.05, 3.63) is 0 Å². The Bertz CT molecular complexity index is 149. The highest BCUT2D eigenvalue weighted by molar-refractivity contribution is 7.80. The van der Waals surface area contributed by atoms with Gasteiger partial charge in [-0.2, -0.15) is 12.6 Å². The zero-order valence-corrected chi connectivity index (χ0v) is 11.0. The highest BCUT2D eigenvalue weighted by Gasteiger charge is 2.23. The SMILES string of the molecule is CCC1CCCCC1OCCCCCS. The molecule has 2 heteroatoms. The van der Waals surface area contributed by atoms with Crippen molar-refractivity contribution in [2.45, 2.75) is 64.4 Å². The zero-order chi connectivity index (χ0) is 10.9. The van der Waals surface area contributed by atoms with E-state index >= 15 is 0 Å². The summed E-state index contributed by atoms with van der Waals surface area (Å²) < 4.78 is 6.01. The highest BCUT2D eigenvalue weighted by Crippen LogP contribution is 2.29. The number of hydrogen-bond donors (Lipinski definition) is 1. The fraction of sp³-hybridized carbons (Fsp3) is 1.00. The van der Waals surface area contributed by atoms with Crippen LogP contribution in [0.3, 0.4) is 0 Å². The van der Waals surface area contributed by atoms with Crippen molar-refractivity contribution in [1.29, 1.82) is 0 Å². The van der Waals surface area contributed by atoms with Crippen LogP contribution in [0.15, 0.2) is 0 Å². The monoisotopic (exact) mass is 230 g/mol. The van der Waals surface area contributed by atoms with E-state index in [0.29, 0.717) is 6.10 Å². The van der Waals surface area contributed by atoms with Gasteiger partial charge in [0.25, 0.3) is 0 Å². The molecule has 0 aromatic heterocycles. The van der Waals surface area contributed by atoms with Crippen molar-refractivity contribution in [3.8, 4) is 0 Å². The van der Waals surface area contributed by atoms with Gasteiger partial charge in [-0.3, -0.25) is 0 Å². The molecule has 0 saturated heterocycles. The smallest absolute Gasteiger partial charge is 0.0603 e. The molecule has 15 heavy (non-hydrogen) atoms. The number of unbranched alkanes of at least 4 members (excludes halogenated alkanes) is 2. The lowest BCUT2D eigenvalue weighted by atomic mass is 9.85. The normalized spacial score (nSPS) is 26.8. The van der Waals surface area contributed by atoms with E-state index in [4.69, 9.17) is 4.74 Å². The van der Waals surface area contributed by atoms with Gasteiger partial charge in [-0.25, -0.2) is 0 Å². The van der Waals surface area contributed by atoms with E-state index in [0.717, 1.165) is 18.3 Å². The fourth-order valence-corrected chi connectivity index (χ4v) is 2.71. The van der Waals surface area contributed by atoms with E-state index in [1.165, 1.54) is 51.4 Å². The molecule has 1 aliphatic rings. The second-order valence-electron chi connectivity index (χ2n) is 4.65. The van der Waals surface area contributed by atoms with Gasteiger partial charge in [-0.15, -0.1) is 0 Å². The summed E-state index contributed by atoms with van der Waals surface area (Å²) >= 11 is 4.21. The van der Waals surface area contributed by atoms with Gasteiger partial charge >= 0.3 is 0 Å². The van der Waals surface area contributed by atoms with Gasteiger partial charge in [-0.1, -0.05) is 32.6 Å². The van der Waals surface area contributed by atoms with Crippen LogP contribution in [0, 0.1) is 5.92 Å². The number of hydrogen-bond acceptors (Lipinski definition) is 2. The van der Waals surface area contributed by atoms with Crippen molar-refractivity contribution in [2.75, 3.05) is 12.4 Å². The third kappa shape index (κ3) is 5.26. The zero-order valence-electron chi connectivity index (χ0n) is 10.1. The molecular weight excluding hydrogens is 204 g/mol. The molecule has 0 bridgehead atoms. The van der Waals surface area contributed by atoms with Crippen molar-refractivity contribution in [2.24, 2.45) is 5.92 Å². The third-order valence-corrected chi connectivity index (χ3v) is 3.81. The Hall–Kier alpha value is 0.310. The average Bonchev–Trinajstić information content (AvgIpc) is 2.29. The molecule has 2 unspecified atom stereocenters. The summed E-state index contributed by atoms with van der Waals surface area (Å²) in [5.74, 6) is 1.85. The van der Waals surface area contributed by atoms with Gasteiger partial charge < -0.3 is 4.74 Å². The molecule has 0 aromatic carbocycles. The van der Waals surface area contributed by atoms with E-state index in [1.54, 1.807) is 0 Å². The lowest BCUT2D eigenvalue weighted by Crippen LogP contribution is -2.27. The molecule has 0 aliphatic heterocycles. The standard InChI is InChI=1S/C13H26OS/c1-2-12-8-4-5-9-13(12)14-10-6-3-7-11-15/h12-13,15H,2-11H2,1H3. The Morgan fingerprint density at radius 3 is 2.67 bits per heavy atom. The average molecular weight is 230 g/mol. The molecule has 0 spiro atoms. The molecule has 2 atom stereocenters. The van der Waals surface area contributed by atoms with Crippen LogP contribution in [0.2, 0.25) is 0 Å². The first-order chi connectivity index (χ1) is 7.38. The molecule has 0 aromatic rings. The molecule has 0 N–H and O–H groups in total. The van der Waals surface area contributed by atoms with Gasteiger partial charge in [0, 0.05) is 6.61 Å². The summed E-state index contributed by atoms with van der Waals surface area (Å²) in [6.45, 7) is 3.27. The number of thiol groups is 1. The quantitative estimate of drug-likeness (QED) is 0.512. The number of rotatable bonds is 7. The van der Waals surface area contributed by atoms with Crippen LogP contribution < -0.4 is 0 Å². The van der Waals surface area contributed by atoms with Gasteiger partial charge in [0.05, 0.1) is 6.10 Å².